The Balaban J connectivity index is 1.90. The molecule has 3 rings (SSSR count). The minimum Gasteiger partial charge on any atom is -0.497 e. The van der Waals surface area contributed by atoms with Gasteiger partial charge in [0.25, 0.3) is 5.69 Å². The molecule has 7 nitrogen and oxygen atoms in total. The zero-order chi connectivity index (χ0) is 17.1. The van der Waals surface area contributed by atoms with Crippen LogP contribution in [0.25, 0.3) is 6.08 Å². The number of benzene rings is 2. The number of non-ortho nitro benzene ring substituents is 1. The number of cyclic esters (lactones) is 1. The normalized spacial score (nSPS) is 15.1. The zero-order valence-corrected chi connectivity index (χ0v) is 12.6. The maximum atomic E-state index is 11.9. The Morgan fingerprint density at radius 1 is 1.21 bits per heavy atom. The summed E-state index contributed by atoms with van der Waals surface area (Å²) >= 11 is 0. The molecule has 120 valence electrons. The number of carbonyl (C=O) groups is 1. The van der Waals surface area contributed by atoms with E-state index in [0.717, 1.165) is 0 Å². The highest BCUT2D eigenvalue weighted by atomic mass is 16.6. The summed E-state index contributed by atoms with van der Waals surface area (Å²) in [6.07, 6.45) is 1.45. The van der Waals surface area contributed by atoms with Crippen molar-refractivity contribution in [2.24, 2.45) is 4.99 Å². The van der Waals surface area contributed by atoms with Crippen LogP contribution in [-0.4, -0.2) is 23.9 Å². The molecule has 0 amide bonds. The second-order valence-corrected chi connectivity index (χ2v) is 4.92. The molecule has 1 aliphatic rings. The first-order chi connectivity index (χ1) is 11.6. The Hall–Kier alpha value is -3.48. The molecule has 24 heavy (non-hydrogen) atoms. The van der Waals surface area contributed by atoms with Crippen molar-refractivity contribution < 1.29 is 19.2 Å². The van der Waals surface area contributed by atoms with E-state index in [9.17, 15) is 14.9 Å². The van der Waals surface area contributed by atoms with Gasteiger partial charge in [0.1, 0.15) is 5.75 Å². The van der Waals surface area contributed by atoms with E-state index in [1.54, 1.807) is 43.5 Å². The van der Waals surface area contributed by atoms with Gasteiger partial charge in [-0.3, -0.25) is 10.1 Å². The highest BCUT2D eigenvalue weighted by Crippen LogP contribution is 2.22. The summed E-state index contributed by atoms with van der Waals surface area (Å²) in [5.41, 5.74) is 1.15. The molecule has 0 aromatic heterocycles. The fraction of sp³-hybridized carbons (Fsp3) is 0.0588. The number of hydrogen-bond acceptors (Lipinski definition) is 6. The quantitative estimate of drug-likeness (QED) is 0.373. The van der Waals surface area contributed by atoms with Crippen LogP contribution in [0.15, 0.2) is 59.2 Å². The molecule has 1 heterocycles. The molecule has 2 aromatic rings. The molecule has 0 unspecified atom stereocenters. The summed E-state index contributed by atoms with van der Waals surface area (Å²) in [6.45, 7) is 0. The first-order valence-corrected chi connectivity index (χ1v) is 6.98. The second kappa shape index (κ2) is 6.33. The monoisotopic (exact) mass is 324 g/mol. The number of ether oxygens (including phenoxy) is 2. The number of rotatable bonds is 4. The van der Waals surface area contributed by atoms with E-state index < -0.39 is 10.9 Å². The Bertz CT molecular complexity index is 869. The van der Waals surface area contributed by atoms with Crippen LogP contribution in [-0.2, 0) is 9.53 Å². The van der Waals surface area contributed by atoms with Crippen molar-refractivity contribution in [3.05, 3.63) is 75.5 Å². The molecule has 2 aromatic carbocycles. The summed E-state index contributed by atoms with van der Waals surface area (Å²) in [5.74, 6) is 0.252. The lowest BCUT2D eigenvalue weighted by Gasteiger charge is -2.01. The lowest BCUT2D eigenvalue weighted by molar-refractivity contribution is -0.384. The third-order valence-electron chi connectivity index (χ3n) is 3.34. The number of carbonyl (C=O) groups excluding carboxylic acids is 1. The number of nitro benzene ring substituents is 1. The minimum atomic E-state index is -0.604. The second-order valence-electron chi connectivity index (χ2n) is 4.92. The standard InChI is InChI=1S/C17H12N2O5/c1-23-14-7-5-12(6-8-14)16-18-15(17(20)24-16)10-11-3-2-4-13(9-11)19(21)22/h2-10H,1H3/b15-10+. The summed E-state index contributed by atoms with van der Waals surface area (Å²) in [5, 5.41) is 10.8. The van der Waals surface area contributed by atoms with E-state index in [1.165, 1.54) is 18.2 Å². The van der Waals surface area contributed by atoms with Gasteiger partial charge in [-0.2, -0.15) is 0 Å². The first-order valence-electron chi connectivity index (χ1n) is 6.98. The zero-order valence-electron chi connectivity index (χ0n) is 12.6. The molecular formula is C17H12N2O5. The Labute approximate surface area is 137 Å². The van der Waals surface area contributed by atoms with Crippen LogP contribution in [0, 0.1) is 10.1 Å². The fourth-order valence-electron chi connectivity index (χ4n) is 2.15. The van der Waals surface area contributed by atoms with Gasteiger partial charge in [0.05, 0.1) is 12.0 Å². The van der Waals surface area contributed by atoms with Crippen molar-refractivity contribution in [1.29, 1.82) is 0 Å². The molecule has 7 heteroatoms. The van der Waals surface area contributed by atoms with Crippen molar-refractivity contribution in [2.75, 3.05) is 7.11 Å². The van der Waals surface area contributed by atoms with Gasteiger partial charge in [-0.1, -0.05) is 12.1 Å². The predicted octanol–water partition coefficient (Wildman–Crippen LogP) is 2.95. The molecule has 0 saturated carbocycles. The number of aliphatic imine (C=N–C) groups is 1. The third-order valence-corrected chi connectivity index (χ3v) is 3.34. The van der Waals surface area contributed by atoms with Crippen molar-refractivity contribution in [3.8, 4) is 5.75 Å². The van der Waals surface area contributed by atoms with Crippen LogP contribution in [0.1, 0.15) is 11.1 Å². The van der Waals surface area contributed by atoms with Crippen LogP contribution in [0.5, 0.6) is 5.75 Å². The summed E-state index contributed by atoms with van der Waals surface area (Å²) < 4.78 is 10.2. The SMILES string of the molecule is COc1ccc(C2=N/C(=C/c3cccc([N+](=O)[O-])c3)C(=O)O2)cc1. The maximum absolute atomic E-state index is 11.9. The van der Waals surface area contributed by atoms with Crippen LogP contribution < -0.4 is 4.74 Å². The van der Waals surface area contributed by atoms with E-state index >= 15 is 0 Å². The van der Waals surface area contributed by atoms with Gasteiger partial charge < -0.3 is 9.47 Å². The van der Waals surface area contributed by atoms with E-state index in [1.807, 2.05) is 0 Å². The lowest BCUT2D eigenvalue weighted by Crippen LogP contribution is -2.05. The highest BCUT2D eigenvalue weighted by molar-refractivity contribution is 6.12. The molecule has 0 aliphatic carbocycles. The van der Waals surface area contributed by atoms with E-state index in [2.05, 4.69) is 4.99 Å². The van der Waals surface area contributed by atoms with Crippen LogP contribution in [0.4, 0.5) is 5.69 Å². The average molecular weight is 324 g/mol. The summed E-state index contributed by atoms with van der Waals surface area (Å²) in [4.78, 5) is 26.4. The molecule has 0 radical (unpaired) electrons. The topological polar surface area (TPSA) is 91.0 Å². The lowest BCUT2D eigenvalue weighted by atomic mass is 10.1. The maximum Gasteiger partial charge on any atom is 0.363 e. The van der Waals surface area contributed by atoms with Crippen LogP contribution in [0.3, 0.4) is 0 Å². The number of hydrogen-bond donors (Lipinski definition) is 0. The van der Waals surface area contributed by atoms with E-state index in [-0.39, 0.29) is 17.3 Å². The first kappa shape index (κ1) is 15.4. The van der Waals surface area contributed by atoms with Crippen molar-refractivity contribution >= 4 is 23.6 Å². The molecule has 0 fully saturated rings. The molecule has 0 bridgehead atoms. The van der Waals surface area contributed by atoms with E-state index in [4.69, 9.17) is 9.47 Å². The minimum absolute atomic E-state index is 0.0601. The number of nitrogens with zero attached hydrogens (tertiary/aromatic N) is 2. The third kappa shape index (κ3) is 3.14. The summed E-state index contributed by atoms with van der Waals surface area (Å²) in [7, 11) is 1.56. The van der Waals surface area contributed by atoms with Gasteiger partial charge in [0.2, 0.25) is 5.90 Å². The van der Waals surface area contributed by atoms with Crippen molar-refractivity contribution in [2.45, 2.75) is 0 Å². The van der Waals surface area contributed by atoms with Crippen LogP contribution in [0.2, 0.25) is 0 Å². The average Bonchev–Trinajstić information content (AvgIpc) is 2.96. The largest absolute Gasteiger partial charge is 0.497 e. The Morgan fingerprint density at radius 2 is 1.96 bits per heavy atom. The number of nitro groups is 1. The Morgan fingerprint density at radius 3 is 2.62 bits per heavy atom. The number of esters is 1. The van der Waals surface area contributed by atoms with Gasteiger partial charge in [-0.15, -0.1) is 0 Å². The fourth-order valence-corrected chi connectivity index (χ4v) is 2.15. The highest BCUT2D eigenvalue weighted by Gasteiger charge is 2.24. The summed E-state index contributed by atoms with van der Waals surface area (Å²) in [6, 6.07) is 12.8. The number of methoxy groups -OCH3 is 1. The molecule has 0 spiro atoms. The van der Waals surface area contributed by atoms with Gasteiger partial charge in [0.15, 0.2) is 5.70 Å². The molecule has 0 N–H and O–H groups in total. The molecule has 0 atom stereocenters. The predicted molar refractivity (Wildman–Crippen MR) is 86.7 cm³/mol. The van der Waals surface area contributed by atoms with Crippen molar-refractivity contribution in [1.82, 2.24) is 0 Å². The van der Waals surface area contributed by atoms with Gasteiger partial charge in [-0.25, -0.2) is 9.79 Å². The van der Waals surface area contributed by atoms with Gasteiger partial charge >= 0.3 is 5.97 Å². The molecule has 0 saturated heterocycles. The molecular weight excluding hydrogens is 312 g/mol. The molecule has 1 aliphatic heterocycles. The van der Waals surface area contributed by atoms with Gasteiger partial charge in [-0.05, 0) is 35.9 Å². The van der Waals surface area contributed by atoms with Gasteiger partial charge in [0, 0.05) is 17.7 Å². The Kier molecular flexibility index (Phi) is 4.07. The van der Waals surface area contributed by atoms with Crippen LogP contribution >= 0.6 is 0 Å². The van der Waals surface area contributed by atoms with Crippen molar-refractivity contribution in [3.63, 3.8) is 0 Å². The smallest absolute Gasteiger partial charge is 0.363 e. The van der Waals surface area contributed by atoms with E-state index in [0.29, 0.717) is 16.9 Å².